The Balaban J connectivity index is 1.87. The molecule has 0 spiro atoms. The van der Waals surface area contributed by atoms with E-state index in [1.165, 1.54) is 30.9 Å². The Hall–Kier alpha value is -2.16. The number of morpholine rings is 1. The van der Waals surface area contributed by atoms with Gasteiger partial charge >= 0.3 is 6.18 Å². The summed E-state index contributed by atoms with van der Waals surface area (Å²) in [6.45, 7) is 2.62. The lowest BCUT2D eigenvalue weighted by molar-refractivity contribution is -0.267. The van der Waals surface area contributed by atoms with E-state index in [4.69, 9.17) is 4.74 Å². The van der Waals surface area contributed by atoms with E-state index in [9.17, 15) is 18.0 Å². The van der Waals surface area contributed by atoms with Gasteiger partial charge in [-0.05, 0) is 32.0 Å². The number of carbonyl (C=O) groups is 1. The van der Waals surface area contributed by atoms with Crippen molar-refractivity contribution in [1.82, 2.24) is 20.3 Å². The van der Waals surface area contributed by atoms with Crippen molar-refractivity contribution in [2.75, 3.05) is 13.1 Å². The van der Waals surface area contributed by atoms with Crippen molar-refractivity contribution in [1.29, 1.82) is 0 Å². The molecule has 1 N–H and O–H groups in total. The molecule has 0 saturated carbocycles. The second-order valence-corrected chi connectivity index (χ2v) is 6.12. The van der Waals surface area contributed by atoms with Crippen LogP contribution in [-0.2, 0) is 4.74 Å². The van der Waals surface area contributed by atoms with Gasteiger partial charge in [0.05, 0.1) is 12.1 Å². The van der Waals surface area contributed by atoms with E-state index in [1.54, 1.807) is 6.07 Å². The van der Waals surface area contributed by atoms with Gasteiger partial charge in [-0.15, -0.1) is 0 Å². The molecule has 1 amide bonds. The Morgan fingerprint density at radius 1 is 1.35 bits per heavy atom. The summed E-state index contributed by atoms with van der Waals surface area (Å²) in [4.78, 5) is 13.7. The number of aromatic amines is 1. The SMILES string of the molecule is CC1(C)CN(C(=O)c2ccc3n[nH]nc3c2)CC(C(F)(F)F)O1. The maximum Gasteiger partial charge on any atom is 0.416 e. The monoisotopic (exact) mass is 328 g/mol. The van der Waals surface area contributed by atoms with Crippen LogP contribution in [-0.4, -0.2) is 57.2 Å². The lowest BCUT2D eigenvalue weighted by Crippen LogP contribution is -2.58. The van der Waals surface area contributed by atoms with Crippen LogP contribution >= 0.6 is 0 Å². The summed E-state index contributed by atoms with van der Waals surface area (Å²) in [6, 6.07) is 4.63. The van der Waals surface area contributed by atoms with Gasteiger partial charge in [-0.3, -0.25) is 4.79 Å². The van der Waals surface area contributed by atoms with Gasteiger partial charge in [-0.2, -0.15) is 28.6 Å². The number of benzene rings is 1. The van der Waals surface area contributed by atoms with Crippen molar-refractivity contribution < 1.29 is 22.7 Å². The molecule has 1 aromatic carbocycles. The van der Waals surface area contributed by atoms with Gasteiger partial charge in [0.2, 0.25) is 0 Å². The third-order valence-corrected chi connectivity index (χ3v) is 3.63. The maximum atomic E-state index is 13.0. The number of fused-ring (bicyclic) bond motifs is 1. The fourth-order valence-electron chi connectivity index (χ4n) is 2.66. The lowest BCUT2D eigenvalue weighted by Gasteiger charge is -2.43. The molecule has 0 aliphatic carbocycles. The maximum absolute atomic E-state index is 13.0. The molecule has 1 aliphatic heterocycles. The van der Waals surface area contributed by atoms with Gasteiger partial charge in [-0.1, -0.05) is 0 Å². The molecule has 1 saturated heterocycles. The van der Waals surface area contributed by atoms with Gasteiger partial charge in [0.25, 0.3) is 5.91 Å². The van der Waals surface area contributed by atoms with E-state index in [2.05, 4.69) is 15.4 Å². The van der Waals surface area contributed by atoms with Crippen LogP contribution in [0.15, 0.2) is 18.2 Å². The molecule has 0 radical (unpaired) electrons. The molecular weight excluding hydrogens is 313 g/mol. The van der Waals surface area contributed by atoms with Crippen LogP contribution in [0.3, 0.4) is 0 Å². The first kappa shape index (κ1) is 15.7. The molecule has 23 heavy (non-hydrogen) atoms. The minimum Gasteiger partial charge on any atom is -0.359 e. The topological polar surface area (TPSA) is 71.1 Å². The first-order valence-electron chi connectivity index (χ1n) is 7.00. The molecule has 1 aliphatic rings. The molecule has 2 aromatic rings. The van der Waals surface area contributed by atoms with Gasteiger partial charge < -0.3 is 9.64 Å². The molecular formula is C14H15F3N4O2. The Bertz CT molecular complexity index is 741. The molecule has 1 atom stereocenters. The van der Waals surface area contributed by atoms with Crippen molar-refractivity contribution in [2.45, 2.75) is 31.7 Å². The van der Waals surface area contributed by atoms with Crippen LogP contribution < -0.4 is 0 Å². The molecule has 3 rings (SSSR count). The van der Waals surface area contributed by atoms with Crippen molar-refractivity contribution in [3.63, 3.8) is 0 Å². The fraction of sp³-hybridized carbons (Fsp3) is 0.500. The third-order valence-electron chi connectivity index (χ3n) is 3.63. The molecule has 0 bridgehead atoms. The zero-order valence-electron chi connectivity index (χ0n) is 12.5. The molecule has 124 valence electrons. The molecule has 9 heteroatoms. The highest BCUT2D eigenvalue weighted by molar-refractivity contribution is 5.97. The average Bonchev–Trinajstić information content (AvgIpc) is 2.91. The van der Waals surface area contributed by atoms with E-state index in [0.29, 0.717) is 11.0 Å². The summed E-state index contributed by atoms with van der Waals surface area (Å²) >= 11 is 0. The zero-order valence-corrected chi connectivity index (χ0v) is 12.5. The van der Waals surface area contributed by atoms with Gasteiger partial charge in [0, 0.05) is 12.1 Å². The number of ether oxygens (including phenoxy) is 1. The predicted molar refractivity (Wildman–Crippen MR) is 74.8 cm³/mol. The van der Waals surface area contributed by atoms with Crippen molar-refractivity contribution in [3.05, 3.63) is 23.8 Å². The summed E-state index contributed by atoms with van der Waals surface area (Å²) in [7, 11) is 0. The summed E-state index contributed by atoms with van der Waals surface area (Å²) in [5, 5.41) is 10.2. The van der Waals surface area contributed by atoms with E-state index in [-0.39, 0.29) is 12.1 Å². The smallest absolute Gasteiger partial charge is 0.359 e. The minimum absolute atomic E-state index is 0.0786. The third kappa shape index (κ3) is 3.14. The second kappa shape index (κ2) is 5.19. The Morgan fingerprint density at radius 3 is 2.74 bits per heavy atom. The summed E-state index contributed by atoms with van der Waals surface area (Å²) in [5.74, 6) is -0.486. The summed E-state index contributed by atoms with van der Waals surface area (Å²) < 4.78 is 44.1. The Morgan fingerprint density at radius 2 is 2.04 bits per heavy atom. The van der Waals surface area contributed by atoms with Gasteiger partial charge in [0.1, 0.15) is 11.0 Å². The van der Waals surface area contributed by atoms with Gasteiger partial charge in [-0.25, -0.2) is 0 Å². The highest BCUT2D eigenvalue weighted by atomic mass is 19.4. The molecule has 1 fully saturated rings. The standard InChI is InChI=1S/C14H15F3N4O2/c1-13(2)7-21(6-11(23-13)14(15,16)17)12(22)8-3-4-9-10(5-8)19-20-18-9/h3-5,11H,6-7H2,1-2H3,(H,18,19,20). The van der Waals surface area contributed by atoms with Crippen molar-refractivity contribution in [3.8, 4) is 0 Å². The van der Waals surface area contributed by atoms with Crippen LogP contribution in [0.2, 0.25) is 0 Å². The first-order chi connectivity index (χ1) is 10.7. The van der Waals surface area contributed by atoms with Crippen LogP contribution in [0.1, 0.15) is 24.2 Å². The minimum atomic E-state index is -4.52. The van der Waals surface area contributed by atoms with Gasteiger partial charge in [0.15, 0.2) is 6.10 Å². The molecule has 1 unspecified atom stereocenters. The number of H-pyrrole nitrogens is 1. The van der Waals surface area contributed by atoms with Crippen LogP contribution in [0.4, 0.5) is 13.2 Å². The fourth-order valence-corrected chi connectivity index (χ4v) is 2.66. The lowest BCUT2D eigenvalue weighted by atomic mass is 10.0. The summed E-state index contributed by atoms with van der Waals surface area (Å²) in [6.07, 6.45) is -6.52. The quantitative estimate of drug-likeness (QED) is 0.871. The van der Waals surface area contributed by atoms with Crippen LogP contribution in [0.25, 0.3) is 11.0 Å². The number of rotatable bonds is 1. The van der Waals surface area contributed by atoms with E-state index in [0.717, 1.165) is 0 Å². The first-order valence-corrected chi connectivity index (χ1v) is 7.00. The highest BCUT2D eigenvalue weighted by Crippen LogP contribution is 2.32. The number of amides is 1. The second-order valence-electron chi connectivity index (χ2n) is 6.12. The number of nitrogens with zero attached hydrogens (tertiary/aromatic N) is 3. The molecule has 1 aromatic heterocycles. The molecule has 2 heterocycles. The number of carbonyl (C=O) groups excluding carboxylic acids is 1. The number of hydrogen-bond donors (Lipinski definition) is 1. The van der Waals surface area contributed by atoms with Crippen molar-refractivity contribution >= 4 is 16.9 Å². The van der Waals surface area contributed by atoms with E-state index in [1.807, 2.05) is 0 Å². The average molecular weight is 328 g/mol. The number of hydrogen-bond acceptors (Lipinski definition) is 4. The molecule has 6 nitrogen and oxygen atoms in total. The van der Waals surface area contributed by atoms with Crippen LogP contribution in [0, 0.1) is 0 Å². The Kier molecular flexibility index (Phi) is 3.55. The van der Waals surface area contributed by atoms with Crippen molar-refractivity contribution in [2.24, 2.45) is 0 Å². The van der Waals surface area contributed by atoms with Crippen LogP contribution in [0.5, 0.6) is 0 Å². The number of alkyl halides is 3. The van der Waals surface area contributed by atoms with E-state index < -0.39 is 30.3 Å². The Labute approximate surface area is 129 Å². The normalized spacial score (nSPS) is 21.6. The number of aromatic nitrogens is 3. The largest absolute Gasteiger partial charge is 0.416 e. The predicted octanol–water partition coefficient (Wildman–Crippen LogP) is 2.14. The highest BCUT2D eigenvalue weighted by Gasteiger charge is 2.49. The van der Waals surface area contributed by atoms with E-state index >= 15 is 0 Å². The zero-order chi connectivity index (χ0) is 16.8. The number of nitrogens with one attached hydrogen (secondary N) is 1. The summed E-state index contributed by atoms with van der Waals surface area (Å²) in [5.41, 5.74) is 0.254. The number of halogens is 3.